The summed E-state index contributed by atoms with van der Waals surface area (Å²) >= 11 is 0. The third kappa shape index (κ3) is 2.12. The number of rotatable bonds is 1. The van der Waals surface area contributed by atoms with Crippen LogP contribution in [0.2, 0.25) is 0 Å². The Morgan fingerprint density at radius 1 is 1.20 bits per heavy atom. The van der Waals surface area contributed by atoms with Gasteiger partial charge in [0.25, 0.3) is 0 Å². The molecule has 106 valence electrons. The number of aromatic nitrogens is 1. The Morgan fingerprint density at radius 2 is 2.00 bits per heavy atom. The van der Waals surface area contributed by atoms with Gasteiger partial charge in [-0.25, -0.2) is 0 Å². The van der Waals surface area contributed by atoms with Crippen LogP contribution in [0.4, 0.5) is 0 Å². The van der Waals surface area contributed by atoms with Crippen LogP contribution < -0.4 is 0 Å². The molecule has 3 unspecified atom stereocenters. The van der Waals surface area contributed by atoms with Gasteiger partial charge in [-0.2, -0.15) is 0 Å². The zero-order valence-corrected chi connectivity index (χ0v) is 12.6. The molecule has 0 amide bonds. The van der Waals surface area contributed by atoms with Crippen LogP contribution in [0.25, 0.3) is 10.9 Å². The van der Waals surface area contributed by atoms with Crippen LogP contribution in [0.1, 0.15) is 44.4 Å². The van der Waals surface area contributed by atoms with Crippen molar-refractivity contribution < 1.29 is 5.11 Å². The maximum Gasteiger partial charge on any atom is 0.0924 e. The summed E-state index contributed by atoms with van der Waals surface area (Å²) in [5.41, 5.74) is 2.41. The average Bonchev–Trinajstić information content (AvgIpc) is 2.44. The van der Waals surface area contributed by atoms with Crippen molar-refractivity contribution >= 4 is 10.9 Å². The summed E-state index contributed by atoms with van der Waals surface area (Å²) in [6.45, 7) is 6.44. The summed E-state index contributed by atoms with van der Waals surface area (Å²) in [4.78, 5) is 4.54. The Balaban J connectivity index is 2.07. The molecule has 1 fully saturated rings. The van der Waals surface area contributed by atoms with Gasteiger partial charge >= 0.3 is 0 Å². The first kappa shape index (κ1) is 13.6. The van der Waals surface area contributed by atoms with Gasteiger partial charge in [-0.1, -0.05) is 32.4 Å². The van der Waals surface area contributed by atoms with Crippen molar-refractivity contribution in [3.63, 3.8) is 0 Å². The molecular formula is C18H23NO. The molecule has 3 rings (SSSR count). The fraction of sp³-hybridized carbons (Fsp3) is 0.500. The van der Waals surface area contributed by atoms with Crippen molar-refractivity contribution in [1.82, 2.24) is 4.98 Å². The van der Waals surface area contributed by atoms with E-state index in [0.717, 1.165) is 35.0 Å². The van der Waals surface area contributed by atoms with Gasteiger partial charge in [-0.05, 0) is 55.4 Å². The van der Waals surface area contributed by atoms with Crippen molar-refractivity contribution in [2.45, 2.75) is 45.6 Å². The first-order chi connectivity index (χ1) is 9.50. The highest BCUT2D eigenvalue weighted by molar-refractivity contribution is 5.79. The van der Waals surface area contributed by atoms with Crippen LogP contribution in [-0.2, 0) is 5.60 Å². The van der Waals surface area contributed by atoms with Crippen LogP contribution in [0.3, 0.4) is 0 Å². The lowest BCUT2D eigenvalue weighted by Crippen LogP contribution is -2.40. The molecule has 1 N–H and O–H groups in total. The molecule has 1 aromatic heterocycles. The van der Waals surface area contributed by atoms with E-state index in [2.05, 4.69) is 37.0 Å². The highest BCUT2D eigenvalue weighted by atomic mass is 16.3. The highest BCUT2D eigenvalue weighted by Gasteiger charge is 2.41. The van der Waals surface area contributed by atoms with Gasteiger partial charge in [0.05, 0.1) is 11.1 Å². The van der Waals surface area contributed by atoms with Crippen LogP contribution in [0, 0.1) is 18.8 Å². The minimum absolute atomic E-state index is 0.298. The maximum atomic E-state index is 11.2. The Kier molecular flexibility index (Phi) is 3.29. The average molecular weight is 269 g/mol. The Hall–Kier alpha value is -1.41. The Morgan fingerprint density at radius 3 is 2.80 bits per heavy atom. The fourth-order valence-electron chi connectivity index (χ4n) is 3.55. The summed E-state index contributed by atoms with van der Waals surface area (Å²) in [5, 5.41) is 12.3. The SMILES string of the molecule is Cc1ccc2cc(C3(O)CCCC(C)C3C)ccc2n1. The van der Waals surface area contributed by atoms with E-state index in [9.17, 15) is 5.11 Å². The lowest BCUT2D eigenvalue weighted by molar-refractivity contribution is -0.0687. The van der Waals surface area contributed by atoms with Gasteiger partial charge in [0.1, 0.15) is 0 Å². The van der Waals surface area contributed by atoms with Crippen LogP contribution in [-0.4, -0.2) is 10.1 Å². The summed E-state index contributed by atoms with van der Waals surface area (Å²) in [7, 11) is 0. The van der Waals surface area contributed by atoms with Crippen LogP contribution in [0.5, 0.6) is 0 Å². The van der Waals surface area contributed by atoms with Crippen LogP contribution >= 0.6 is 0 Å². The van der Waals surface area contributed by atoms with Gasteiger partial charge in [0, 0.05) is 11.1 Å². The molecule has 2 nitrogen and oxygen atoms in total. The maximum absolute atomic E-state index is 11.2. The summed E-state index contributed by atoms with van der Waals surface area (Å²) in [5.74, 6) is 0.868. The number of hydrogen-bond acceptors (Lipinski definition) is 2. The summed E-state index contributed by atoms with van der Waals surface area (Å²) < 4.78 is 0. The number of nitrogens with zero attached hydrogens (tertiary/aromatic N) is 1. The normalized spacial score (nSPS) is 30.6. The number of benzene rings is 1. The lowest BCUT2D eigenvalue weighted by Gasteiger charge is -2.42. The van der Waals surface area contributed by atoms with E-state index in [-0.39, 0.29) is 0 Å². The molecule has 1 aliphatic rings. The second kappa shape index (κ2) is 4.85. The molecule has 2 heteroatoms. The zero-order valence-electron chi connectivity index (χ0n) is 12.6. The number of aliphatic hydroxyl groups is 1. The molecule has 3 atom stereocenters. The van der Waals surface area contributed by atoms with Gasteiger partial charge in [-0.3, -0.25) is 4.98 Å². The minimum Gasteiger partial charge on any atom is -0.385 e. The van der Waals surface area contributed by atoms with E-state index >= 15 is 0 Å². The van der Waals surface area contributed by atoms with E-state index in [1.165, 1.54) is 6.42 Å². The second-order valence-corrected chi connectivity index (χ2v) is 6.44. The van der Waals surface area contributed by atoms with Gasteiger partial charge < -0.3 is 5.11 Å². The third-order valence-corrected chi connectivity index (χ3v) is 5.15. The smallest absolute Gasteiger partial charge is 0.0924 e. The van der Waals surface area contributed by atoms with Crippen LogP contribution in [0.15, 0.2) is 30.3 Å². The zero-order chi connectivity index (χ0) is 14.3. The van der Waals surface area contributed by atoms with E-state index in [1.54, 1.807) is 0 Å². The van der Waals surface area contributed by atoms with Gasteiger partial charge in [-0.15, -0.1) is 0 Å². The lowest BCUT2D eigenvalue weighted by atomic mass is 9.67. The van der Waals surface area contributed by atoms with E-state index in [0.29, 0.717) is 11.8 Å². The Bertz CT molecular complexity index is 636. The molecule has 0 aliphatic heterocycles. The molecule has 0 saturated heterocycles. The van der Waals surface area contributed by atoms with Crippen molar-refractivity contribution in [3.8, 4) is 0 Å². The first-order valence-electron chi connectivity index (χ1n) is 7.61. The van der Waals surface area contributed by atoms with E-state index < -0.39 is 5.60 Å². The summed E-state index contributed by atoms with van der Waals surface area (Å²) in [6, 6.07) is 10.4. The number of fused-ring (bicyclic) bond motifs is 1. The highest BCUT2D eigenvalue weighted by Crippen LogP contribution is 2.44. The second-order valence-electron chi connectivity index (χ2n) is 6.44. The standard InChI is InChI=1S/C18H23NO/c1-12-5-4-10-18(20,14(12)3)16-8-9-17-15(11-16)7-6-13(2)19-17/h6-9,11-12,14,20H,4-5,10H2,1-3H3. The fourth-order valence-corrected chi connectivity index (χ4v) is 3.55. The van der Waals surface area contributed by atoms with Crippen molar-refractivity contribution in [2.24, 2.45) is 11.8 Å². The Labute approximate surface area is 120 Å². The van der Waals surface area contributed by atoms with Crippen molar-refractivity contribution in [2.75, 3.05) is 0 Å². The van der Waals surface area contributed by atoms with E-state index in [1.807, 2.05) is 19.1 Å². The largest absolute Gasteiger partial charge is 0.385 e. The van der Waals surface area contributed by atoms with Crippen molar-refractivity contribution in [3.05, 3.63) is 41.6 Å². The molecule has 0 radical (unpaired) electrons. The molecule has 0 spiro atoms. The minimum atomic E-state index is -0.684. The molecule has 1 aliphatic carbocycles. The molecule has 1 saturated carbocycles. The third-order valence-electron chi connectivity index (χ3n) is 5.15. The van der Waals surface area contributed by atoms with Crippen molar-refractivity contribution in [1.29, 1.82) is 0 Å². The van der Waals surface area contributed by atoms with E-state index in [4.69, 9.17) is 0 Å². The summed E-state index contributed by atoms with van der Waals surface area (Å²) in [6.07, 6.45) is 3.19. The molecule has 1 aromatic carbocycles. The monoisotopic (exact) mass is 269 g/mol. The number of hydrogen-bond donors (Lipinski definition) is 1. The van der Waals surface area contributed by atoms with Gasteiger partial charge in [0.2, 0.25) is 0 Å². The molecule has 2 aromatic rings. The number of aryl methyl sites for hydroxylation is 1. The topological polar surface area (TPSA) is 33.1 Å². The number of pyridine rings is 1. The molecule has 0 bridgehead atoms. The predicted octanol–water partition coefficient (Wildman–Crippen LogP) is 4.19. The molecule has 20 heavy (non-hydrogen) atoms. The molecule has 1 heterocycles. The predicted molar refractivity (Wildman–Crippen MR) is 82.6 cm³/mol. The first-order valence-corrected chi connectivity index (χ1v) is 7.61. The quantitative estimate of drug-likeness (QED) is 0.842. The molecular weight excluding hydrogens is 246 g/mol. The van der Waals surface area contributed by atoms with Gasteiger partial charge in [0.15, 0.2) is 0 Å².